The van der Waals surface area contributed by atoms with Gasteiger partial charge in [0, 0.05) is 13.6 Å². The molecule has 1 unspecified atom stereocenters. The molecule has 2 amide bonds. The van der Waals surface area contributed by atoms with E-state index in [-0.39, 0.29) is 24.3 Å². The fourth-order valence-electron chi connectivity index (χ4n) is 1.42. The van der Waals surface area contributed by atoms with Crippen molar-refractivity contribution >= 4 is 11.8 Å². The number of rotatable bonds is 7. The van der Waals surface area contributed by atoms with E-state index in [2.05, 4.69) is 19.2 Å². The summed E-state index contributed by atoms with van der Waals surface area (Å²) in [5.41, 5.74) is 5.69. The lowest BCUT2D eigenvalue weighted by Gasteiger charge is -2.22. The molecule has 3 N–H and O–H groups in total. The van der Waals surface area contributed by atoms with Crippen molar-refractivity contribution in [3.8, 4) is 0 Å². The van der Waals surface area contributed by atoms with Gasteiger partial charge in [-0.05, 0) is 11.8 Å². The van der Waals surface area contributed by atoms with Gasteiger partial charge in [-0.25, -0.2) is 0 Å². The summed E-state index contributed by atoms with van der Waals surface area (Å²) < 4.78 is 0. The van der Waals surface area contributed by atoms with Crippen LogP contribution >= 0.6 is 0 Å². The molecule has 0 aromatic heterocycles. The Kier molecular flexibility index (Phi) is 7.59. The number of nitrogens with two attached hydrogens (primary N) is 1. The van der Waals surface area contributed by atoms with Crippen LogP contribution < -0.4 is 11.1 Å². The summed E-state index contributed by atoms with van der Waals surface area (Å²) in [6, 6.07) is -0.558. The van der Waals surface area contributed by atoms with Crippen LogP contribution in [0.4, 0.5) is 0 Å². The second-order valence-corrected chi connectivity index (χ2v) is 5.28. The summed E-state index contributed by atoms with van der Waals surface area (Å²) in [4.78, 5) is 25.0. The average Bonchev–Trinajstić information content (AvgIpc) is 2.33. The van der Waals surface area contributed by atoms with Crippen molar-refractivity contribution in [2.45, 2.75) is 40.2 Å². The Morgan fingerprint density at radius 2 is 1.83 bits per heavy atom. The first kappa shape index (κ1) is 16.9. The van der Waals surface area contributed by atoms with Gasteiger partial charge in [-0.1, -0.05) is 34.1 Å². The van der Waals surface area contributed by atoms with Crippen LogP contribution in [0.1, 0.15) is 34.1 Å². The van der Waals surface area contributed by atoms with E-state index in [1.165, 1.54) is 0 Å². The van der Waals surface area contributed by atoms with Gasteiger partial charge in [0.2, 0.25) is 11.8 Å². The van der Waals surface area contributed by atoms with E-state index < -0.39 is 6.04 Å². The molecule has 0 bridgehead atoms. The zero-order chi connectivity index (χ0) is 14.3. The average molecular weight is 257 g/mol. The quantitative estimate of drug-likeness (QED) is 0.701. The Morgan fingerprint density at radius 1 is 1.28 bits per heavy atom. The standard InChI is InChI=1S/C13H27N3O2/c1-6-10(4)8-16(5)11(17)7-15-13(18)12(14)9(2)3/h9-10,12H,6-8,14H2,1-5H3,(H,15,18)/t10?,12-/m0/s1. The van der Waals surface area contributed by atoms with E-state index >= 15 is 0 Å². The fraction of sp³-hybridized carbons (Fsp3) is 0.846. The highest BCUT2D eigenvalue weighted by Gasteiger charge is 2.18. The molecule has 5 heteroatoms. The van der Waals surface area contributed by atoms with Crippen LogP contribution in [0.3, 0.4) is 0 Å². The second-order valence-electron chi connectivity index (χ2n) is 5.28. The Hall–Kier alpha value is -1.10. The second kappa shape index (κ2) is 8.08. The monoisotopic (exact) mass is 257 g/mol. The Balaban J connectivity index is 4.06. The molecule has 0 aromatic rings. The van der Waals surface area contributed by atoms with Gasteiger partial charge in [0.25, 0.3) is 0 Å². The van der Waals surface area contributed by atoms with Gasteiger partial charge >= 0.3 is 0 Å². The third-order valence-corrected chi connectivity index (χ3v) is 3.14. The van der Waals surface area contributed by atoms with E-state index in [9.17, 15) is 9.59 Å². The van der Waals surface area contributed by atoms with Crippen molar-refractivity contribution in [1.82, 2.24) is 10.2 Å². The minimum atomic E-state index is -0.558. The van der Waals surface area contributed by atoms with E-state index in [4.69, 9.17) is 5.73 Å². The first-order valence-corrected chi connectivity index (χ1v) is 6.56. The molecule has 0 aliphatic heterocycles. The molecule has 0 heterocycles. The molecular weight excluding hydrogens is 230 g/mol. The summed E-state index contributed by atoms with van der Waals surface area (Å²) in [5.74, 6) is 0.181. The summed E-state index contributed by atoms with van der Waals surface area (Å²) >= 11 is 0. The highest BCUT2D eigenvalue weighted by molar-refractivity contribution is 5.87. The van der Waals surface area contributed by atoms with Crippen molar-refractivity contribution < 1.29 is 9.59 Å². The van der Waals surface area contributed by atoms with Crippen LogP contribution in [0.25, 0.3) is 0 Å². The lowest BCUT2D eigenvalue weighted by atomic mass is 10.1. The number of nitrogens with zero attached hydrogens (tertiary/aromatic N) is 1. The number of carbonyl (C=O) groups is 2. The van der Waals surface area contributed by atoms with Gasteiger partial charge in [-0.15, -0.1) is 0 Å². The summed E-state index contributed by atoms with van der Waals surface area (Å²) in [7, 11) is 1.75. The number of amides is 2. The van der Waals surface area contributed by atoms with E-state index in [1.54, 1.807) is 11.9 Å². The number of hydrogen-bond donors (Lipinski definition) is 2. The Labute approximate surface area is 110 Å². The maximum atomic E-state index is 11.8. The van der Waals surface area contributed by atoms with Crippen molar-refractivity contribution in [3.63, 3.8) is 0 Å². The van der Waals surface area contributed by atoms with Crippen LogP contribution in [0, 0.1) is 11.8 Å². The molecule has 2 atom stereocenters. The molecule has 106 valence electrons. The summed E-state index contributed by atoms with van der Waals surface area (Å²) in [6.07, 6.45) is 1.03. The van der Waals surface area contributed by atoms with Gasteiger partial charge in [-0.2, -0.15) is 0 Å². The van der Waals surface area contributed by atoms with Crippen LogP contribution in [-0.4, -0.2) is 42.9 Å². The smallest absolute Gasteiger partial charge is 0.241 e. The Bertz CT molecular complexity index is 279. The minimum absolute atomic E-state index is 0.0200. The zero-order valence-corrected chi connectivity index (χ0v) is 12.2. The largest absolute Gasteiger partial charge is 0.346 e. The molecule has 0 aromatic carbocycles. The fourth-order valence-corrected chi connectivity index (χ4v) is 1.42. The lowest BCUT2D eigenvalue weighted by Crippen LogP contribution is -2.47. The highest BCUT2D eigenvalue weighted by atomic mass is 16.2. The molecule has 0 saturated carbocycles. The first-order chi connectivity index (χ1) is 8.29. The van der Waals surface area contributed by atoms with E-state index in [1.807, 2.05) is 13.8 Å². The van der Waals surface area contributed by atoms with Crippen LogP contribution in [0.2, 0.25) is 0 Å². The molecule has 18 heavy (non-hydrogen) atoms. The normalized spacial score (nSPS) is 14.2. The molecule has 5 nitrogen and oxygen atoms in total. The van der Waals surface area contributed by atoms with Gasteiger partial charge in [-0.3, -0.25) is 9.59 Å². The van der Waals surface area contributed by atoms with Crippen molar-refractivity contribution in [2.75, 3.05) is 20.1 Å². The Morgan fingerprint density at radius 3 is 2.28 bits per heavy atom. The maximum absolute atomic E-state index is 11.8. The molecule has 0 fully saturated rings. The van der Waals surface area contributed by atoms with Gasteiger partial charge in [0.1, 0.15) is 0 Å². The SMILES string of the molecule is CCC(C)CN(C)C(=O)CNC(=O)[C@@H](N)C(C)C. The van der Waals surface area contributed by atoms with Crippen molar-refractivity contribution in [1.29, 1.82) is 0 Å². The van der Waals surface area contributed by atoms with Gasteiger partial charge in [0.15, 0.2) is 0 Å². The van der Waals surface area contributed by atoms with Crippen molar-refractivity contribution in [2.24, 2.45) is 17.6 Å². The van der Waals surface area contributed by atoms with Crippen molar-refractivity contribution in [3.05, 3.63) is 0 Å². The summed E-state index contributed by atoms with van der Waals surface area (Å²) in [5, 5.41) is 2.58. The van der Waals surface area contributed by atoms with Gasteiger partial charge in [0.05, 0.1) is 12.6 Å². The van der Waals surface area contributed by atoms with Crippen LogP contribution in [-0.2, 0) is 9.59 Å². The maximum Gasteiger partial charge on any atom is 0.241 e. The third kappa shape index (κ3) is 6.00. The molecule has 0 spiro atoms. The van der Waals surface area contributed by atoms with E-state index in [0.717, 1.165) is 6.42 Å². The summed E-state index contributed by atoms with van der Waals surface area (Å²) in [6.45, 7) is 8.67. The molecule has 0 rings (SSSR count). The van der Waals surface area contributed by atoms with E-state index in [0.29, 0.717) is 12.5 Å². The molecule has 0 saturated heterocycles. The predicted octanol–water partition coefficient (Wildman–Crippen LogP) is 0.590. The predicted molar refractivity (Wildman–Crippen MR) is 72.9 cm³/mol. The van der Waals surface area contributed by atoms with Gasteiger partial charge < -0.3 is 16.0 Å². The topological polar surface area (TPSA) is 75.4 Å². The highest BCUT2D eigenvalue weighted by Crippen LogP contribution is 2.02. The number of hydrogen-bond acceptors (Lipinski definition) is 3. The zero-order valence-electron chi connectivity index (χ0n) is 12.2. The van der Waals surface area contributed by atoms with Crippen LogP contribution in [0.5, 0.6) is 0 Å². The number of nitrogens with one attached hydrogen (secondary N) is 1. The van der Waals surface area contributed by atoms with Crippen LogP contribution in [0.15, 0.2) is 0 Å². The first-order valence-electron chi connectivity index (χ1n) is 6.56. The molecule has 0 aliphatic rings. The molecular formula is C13H27N3O2. The minimum Gasteiger partial charge on any atom is -0.346 e. The molecule has 0 radical (unpaired) electrons. The lowest BCUT2D eigenvalue weighted by molar-refractivity contribution is -0.132. The number of likely N-dealkylation sites (N-methyl/N-ethyl adjacent to an activating group) is 1. The third-order valence-electron chi connectivity index (χ3n) is 3.14. The number of carbonyl (C=O) groups excluding carboxylic acids is 2. The molecule has 0 aliphatic carbocycles.